The van der Waals surface area contributed by atoms with E-state index in [2.05, 4.69) is 16.7 Å². The van der Waals surface area contributed by atoms with Gasteiger partial charge < -0.3 is 10.6 Å². The van der Waals surface area contributed by atoms with Crippen LogP contribution in [-0.2, 0) is 20.2 Å². The Morgan fingerprint density at radius 3 is 1.61 bits per heavy atom. The number of nitrogens with zero attached hydrogens (tertiary/aromatic N) is 1. The van der Waals surface area contributed by atoms with Crippen LogP contribution in [-0.4, -0.2) is 25.9 Å². The quantitative estimate of drug-likeness (QED) is 0.402. The maximum absolute atomic E-state index is 11.2. The highest BCUT2D eigenvalue weighted by Crippen LogP contribution is 2.30. The molecule has 0 aromatic heterocycles. The van der Waals surface area contributed by atoms with Crippen molar-refractivity contribution in [1.29, 1.82) is 5.26 Å². The Hall–Kier alpha value is -3.43. The Balaban J connectivity index is 1.90. The van der Waals surface area contributed by atoms with Crippen molar-refractivity contribution in [2.24, 2.45) is 0 Å². The molecule has 0 saturated heterocycles. The fourth-order valence-electron chi connectivity index (χ4n) is 2.85. The highest BCUT2D eigenvalue weighted by molar-refractivity contribution is 7.86. The van der Waals surface area contributed by atoms with Crippen LogP contribution in [0.4, 0.5) is 22.7 Å². The number of benzene rings is 3. The van der Waals surface area contributed by atoms with Crippen molar-refractivity contribution in [3.63, 3.8) is 0 Å². The van der Waals surface area contributed by atoms with E-state index in [1.54, 1.807) is 19.1 Å². The maximum Gasteiger partial charge on any atom is 0.294 e. The Labute approximate surface area is 179 Å². The molecule has 0 amide bonds. The van der Waals surface area contributed by atoms with Crippen molar-refractivity contribution >= 4 is 43.0 Å². The summed E-state index contributed by atoms with van der Waals surface area (Å²) in [6.45, 7) is 1.75. The Morgan fingerprint density at radius 1 is 0.742 bits per heavy atom. The van der Waals surface area contributed by atoms with Crippen LogP contribution in [0.5, 0.6) is 0 Å². The average Bonchev–Trinajstić information content (AvgIpc) is 2.67. The van der Waals surface area contributed by atoms with E-state index in [9.17, 15) is 22.1 Å². The topological polar surface area (TPSA) is 157 Å². The molecule has 0 aliphatic rings. The first-order valence-corrected chi connectivity index (χ1v) is 11.6. The van der Waals surface area contributed by atoms with Crippen LogP contribution in [0.15, 0.2) is 70.5 Å². The minimum Gasteiger partial charge on any atom is -0.355 e. The van der Waals surface area contributed by atoms with Gasteiger partial charge in [-0.1, -0.05) is 0 Å². The summed E-state index contributed by atoms with van der Waals surface area (Å²) in [6.07, 6.45) is 0. The van der Waals surface area contributed by atoms with Gasteiger partial charge >= 0.3 is 0 Å². The number of anilines is 4. The second-order valence-electron chi connectivity index (χ2n) is 6.58. The van der Waals surface area contributed by atoms with Gasteiger partial charge in [0.2, 0.25) is 0 Å². The lowest BCUT2D eigenvalue weighted by molar-refractivity contribution is 0.481. The smallest absolute Gasteiger partial charge is 0.294 e. The Kier molecular flexibility index (Phi) is 6.01. The molecule has 3 aromatic rings. The summed E-state index contributed by atoms with van der Waals surface area (Å²) >= 11 is 0. The van der Waals surface area contributed by atoms with Gasteiger partial charge in [0.05, 0.1) is 21.0 Å². The molecular weight excluding hydrogens is 442 g/mol. The third-order valence-corrected chi connectivity index (χ3v) is 6.06. The summed E-state index contributed by atoms with van der Waals surface area (Å²) in [6, 6.07) is 16.4. The van der Waals surface area contributed by atoms with Crippen LogP contribution >= 0.6 is 0 Å². The second kappa shape index (κ2) is 8.37. The summed E-state index contributed by atoms with van der Waals surface area (Å²) in [7, 11) is -8.60. The lowest BCUT2D eigenvalue weighted by Gasteiger charge is -2.14. The molecule has 0 atom stereocenters. The SMILES string of the molecule is Cc1cc(Nc2ccc(S(=O)(=O)O)cc2)cc(Nc2ccc(S(=O)(=O)O)cc2)c1C#N. The minimum atomic E-state index is -4.31. The fraction of sp³-hybridized carbons (Fsp3) is 0.0500. The van der Waals surface area contributed by atoms with E-state index in [1.165, 1.54) is 48.5 Å². The van der Waals surface area contributed by atoms with Gasteiger partial charge in [0.25, 0.3) is 20.2 Å². The van der Waals surface area contributed by atoms with Gasteiger partial charge in [-0.2, -0.15) is 22.1 Å². The molecule has 0 fully saturated rings. The van der Waals surface area contributed by atoms with Crippen LogP contribution < -0.4 is 10.6 Å². The third kappa shape index (κ3) is 5.39. The van der Waals surface area contributed by atoms with Crippen LogP contribution in [0, 0.1) is 18.3 Å². The van der Waals surface area contributed by atoms with E-state index in [0.29, 0.717) is 33.9 Å². The molecule has 0 heterocycles. The first-order valence-electron chi connectivity index (χ1n) is 8.71. The molecule has 11 heteroatoms. The summed E-state index contributed by atoms with van der Waals surface area (Å²) in [5.41, 5.74) is 3.16. The minimum absolute atomic E-state index is 0.232. The van der Waals surface area contributed by atoms with Crippen molar-refractivity contribution in [2.75, 3.05) is 10.6 Å². The van der Waals surface area contributed by atoms with Gasteiger partial charge in [-0.15, -0.1) is 0 Å². The average molecular weight is 460 g/mol. The largest absolute Gasteiger partial charge is 0.355 e. The van der Waals surface area contributed by atoms with Crippen molar-refractivity contribution in [2.45, 2.75) is 16.7 Å². The van der Waals surface area contributed by atoms with Crippen molar-refractivity contribution in [3.8, 4) is 6.07 Å². The first kappa shape index (κ1) is 22.3. The van der Waals surface area contributed by atoms with Crippen molar-refractivity contribution in [1.82, 2.24) is 0 Å². The molecule has 0 bridgehead atoms. The zero-order valence-electron chi connectivity index (χ0n) is 16.1. The van der Waals surface area contributed by atoms with E-state index >= 15 is 0 Å². The van der Waals surface area contributed by atoms with Gasteiger partial charge in [-0.3, -0.25) is 9.11 Å². The van der Waals surface area contributed by atoms with Crippen LogP contribution in [0.1, 0.15) is 11.1 Å². The lowest BCUT2D eigenvalue weighted by Crippen LogP contribution is -2.01. The van der Waals surface area contributed by atoms with Gasteiger partial charge in [0.1, 0.15) is 6.07 Å². The molecular formula is C20H17N3O6S2. The highest BCUT2D eigenvalue weighted by atomic mass is 32.2. The number of hydrogen-bond acceptors (Lipinski definition) is 7. The second-order valence-corrected chi connectivity index (χ2v) is 9.42. The normalized spacial score (nSPS) is 11.5. The molecule has 0 aliphatic heterocycles. The van der Waals surface area contributed by atoms with E-state index in [-0.39, 0.29) is 9.79 Å². The summed E-state index contributed by atoms with van der Waals surface area (Å²) in [4.78, 5) is -0.483. The van der Waals surface area contributed by atoms with Gasteiger partial charge in [-0.25, -0.2) is 0 Å². The standard InChI is InChI=1S/C20H17N3O6S2/c1-13-10-16(22-14-2-6-17(7-3-14)30(24,25)26)11-20(19(13)12-21)23-15-4-8-18(9-5-15)31(27,28)29/h2-11,22-23H,1H3,(H,24,25,26)(H,27,28,29). The van der Waals surface area contributed by atoms with E-state index in [4.69, 9.17) is 9.11 Å². The predicted molar refractivity (Wildman–Crippen MR) is 115 cm³/mol. The zero-order valence-corrected chi connectivity index (χ0v) is 17.7. The molecule has 4 N–H and O–H groups in total. The molecule has 9 nitrogen and oxygen atoms in total. The number of nitrogens with one attached hydrogen (secondary N) is 2. The van der Waals surface area contributed by atoms with E-state index in [1.807, 2.05) is 0 Å². The molecule has 0 unspecified atom stereocenters. The predicted octanol–water partition coefficient (Wildman–Crippen LogP) is 3.85. The molecule has 0 saturated carbocycles. The summed E-state index contributed by atoms with van der Waals surface area (Å²) < 4.78 is 62.8. The molecule has 0 spiro atoms. The summed E-state index contributed by atoms with van der Waals surface area (Å²) in [5, 5.41) is 15.7. The van der Waals surface area contributed by atoms with E-state index in [0.717, 1.165) is 0 Å². The number of aryl methyl sites for hydroxylation is 1. The molecule has 31 heavy (non-hydrogen) atoms. The molecule has 3 rings (SSSR count). The number of rotatable bonds is 6. The van der Waals surface area contributed by atoms with Gasteiger partial charge in [0.15, 0.2) is 0 Å². The van der Waals surface area contributed by atoms with Gasteiger partial charge in [0, 0.05) is 17.1 Å². The van der Waals surface area contributed by atoms with Crippen LogP contribution in [0.3, 0.4) is 0 Å². The van der Waals surface area contributed by atoms with E-state index < -0.39 is 20.2 Å². The molecule has 160 valence electrons. The van der Waals surface area contributed by atoms with Crippen molar-refractivity contribution < 1.29 is 25.9 Å². The lowest BCUT2D eigenvalue weighted by atomic mass is 10.1. The molecule has 0 aliphatic carbocycles. The Morgan fingerprint density at radius 2 is 1.19 bits per heavy atom. The van der Waals surface area contributed by atoms with Crippen molar-refractivity contribution in [3.05, 3.63) is 71.8 Å². The molecule has 3 aromatic carbocycles. The molecule has 0 radical (unpaired) electrons. The number of hydrogen-bond donors (Lipinski definition) is 4. The third-order valence-electron chi connectivity index (χ3n) is 4.32. The monoisotopic (exact) mass is 459 g/mol. The maximum atomic E-state index is 11.2. The summed E-state index contributed by atoms with van der Waals surface area (Å²) in [5.74, 6) is 0. The fourth-order valence-corrected chi connectivity index (χ4v) is 3.81. The first-order chi connectivity index (χ1) is 14.5. The Bertz CT molecular complexity index is 1380. The highest BCUT2D eigenvalue weighted by Gasteiger charge is 2.12. The van der Waals surface area contributed by atoms with Crippen LogP contribution in [0.2, 0.25) is 0 Å². The van der Waals surface area contributed by atoms with Crippen LogP contribution in [0.25, 0.3) is 0 Å². The van der Waals surface area contributed by atoms with Gasteiger partial charge in [-0.05, 0) is 73.2 Å². The zero-order chi connectivity index (χ0) is 22.8. The number of nitriles is 1.